The number of rotatable bonds is 20. The quantitative estimate of drug-likeness (QED) is 0.0937. The summed E-state index contributed by atoms with van der Waals surface area (Å²) in [7, 11) is 0. The number of aliphatic carboxylic acids is 1. The molecule has 1 aromatic rings. The summed E-state index contributed by atoms with van der Waals surface area (Å²) in [5.74, 6) is -4.23. The topological polar surface area (TPSA) is 209 Å². The van der Waals surface area contributed by atoms with Crippen molar-refractivity contribution in [3.8, 4) is 0 Å². The van der Waals surface area contributed by atoms with Crippen LogP contribution in [0.15, 0.2) is 30.3 Å². The largest absolute Gasteiger partial charge is 0.480 e. The Morgan fingerprint density at radius 2 is 1.04 bits per heavy atom. The zero-order valence-corrected chi connectivity index (χ0v) is 29.4. The number of hydrogen-bond donors (Lipinski definition) is 8. The average Bonchev–Trinajstić information content (AvgIpc) is 2.97. The Labute approximate surface area is 283 Å². The lowest BCUT2D eigenvalue weighted by Gasteiger charge is -2.27. The summed E-state index contributed by atoms with van der Waals surface area (Å²) in [6.07, 6.45) is 1.05. The monoisotopic (exact) mass is 678 g/mol. The highest BCUT2D eigenvalue weighted by Crippen LogP contribution is 2.11. The van der Waals surface area contributed by atoms with Gasteiger partial charge in [-0.2, -0.15) is 12.6 Å². The van der Waals surface area contributed by atoms with E-state index in [1.807, 2.05) is 41.5 Å². The number of nitrogens with two attached hydrogens (primary N) is 1. The van der Waals surface area contributed by atoms with Gasteiger partial charge in [-0.3, -0.25) is 24.0 Å². The van der Waals surface area contributed by atoms with E-state index in [1.165, 1.54) is 6.92 Å². The first kappa shape index (κ1) is 41.4. The predicted octanol–water partition coefficient (Wildman–Crippen LogP) is 1.15. The Morgan fingerprint density at radius 3 is 1.49 bits per heavy atom. The van der Waals surface area contributed by atoms with Crippen LogP contribution in [0.1, 0.15) is 73.3 Å². The standard InChI is InChI=1S/C33H54N6O7S/c1-18(2)13-23(34)29(41)36-24(14-19(3)4)30(42)37-25(15-20(5)6)31(43)39-27(17-47)32(44)35-21(7)28(40)38-26(33(45)46)16-22-11-9-8-10-12-22/h8-12,18-21,23-27,47H,13-17,34H2,1-7H3,(H,35,44)(H,36,41)(H,37,42)(H,38,40)(H,39,43)(H,45,46)/t21-,23-,24-,25-,26-,27-/m0/s1. The second-order valence-corrected chi connectivity index (χ2v) is 13.5. The van der Waals surface area contributed by atoms with E-state index in [0.29, 0.717) is 18.4 Å². The van der Waals surface area contributed by atoms with Crippen molar-refractivity contribution in [2.75, 3.05) is 5.75 Å². The Kier molecular flexibility index (Phi) is 18.1. The second kappa shape index (κ2) is 20.6. The molecular formula is C33H54N6O7S. The molecule has 0 spiro atoms. The molecule has 264 valence electrons. The van der Waals surface area contributed by atoms with Crippen molar-refractivity contribution in [1.29, 1.82) is 0 Å². The van der Waals surface area contributed by atoms with Gasteiger partial charge < -0.3 is 37.4 Å². The zero-order chi connectivity index (χ0) is 35.8. The van der Waals surface area contributed by atoms with Gasteiger partial charge in [-0.25, -0.2) is 4.79 Å². The maximum Gasteiger partial charge on any atom is 0.326 e. The smallest absolute Gasteiger partial charge is 0.326 e. The molecule has 0 aliphatic rings. The molecule has 13 nitrogen and oxygen atoms in total. The Balaban J connectivity index is 2.95. The fourth-order valence-corrected chi connectivity index (χ4v) is 5.02. The third-order valence-corrected chi connectivity index (χ3v) is 7.57. The average molecular weight is 679 g/mol. The van der Waals surface area contributed by atoms with Gasteiger partial charge in [0.15, 0.2) is 0 Å². The molecule has 0 saturated heterocycles. The van der Waals surface area contributed by atoms with Crippen LogP contribution in [0, 0.1) is 17.8 Å². The lowest BCUT2D eigenvalue weighted by Crippen LogP contribution is -2.59. The van der Waals surface area contributed by atoms with Gasteiger partial charge in [0.2, 0.25) is 29.5 Å². The van der Waals surface area contributed by atoms with Gasteiger partial charge in [-0.15, -0.1) is 0 Å². The number of benzene rings is 1. The molecule has 0 fully saturated rings. The number of thiol groups is 1. The summed E-state index contributed by atoms with van der Waals surface area (Å²) < 4.78 is 0. The molecule has 0 aliphatic heterocycles. The van der Waals surface area contributed by atoms with Crippen LogP contribution in [0.5, 0.6) is 0 Å². The number of carbonyl (C=O) groups is 6. The Morgan fingerprint density at radius 1 is 0.617 bits per heavy atom. The molecule has 0 saturated carbocycles. The summed E-state index contributed by atoms with van der Waals surface area (Å²) in [5, 5.41) is 22.6. The zero-order valence-electron chi connectivity index (χ0n) is 28.5. The van der Waals surface area contributed by atoms with Crippen LogP contribution < -0.4 is 32.3 Å². The highest BCUT2D eigenvalue weighted by atomic mass is 32.1. The van der Waals surface area contributed by atoms with Crippen molar-refractivity contribution >= 4 is 48.1 Å². The molecule has 0 aromatic heterocycles. The van der Waals surface area contributed by atoms with Crippen molar-refractivity contribution in [3.63, 3.8) is 0 Å². The van der Waals surface area contributed by atoms with Gasteiger partial charge in [-0.1, -0.05) is 71.9 Å². The third-order valence-electron chi connectivity index (χ3n) is 7.21. The Bertz CT molecular complexity index is 1200. The first-order valence-electron chi connectivity index (χ1n) is 16.1. The van der Waals surface area contributed by atoms with Gasteiger partial charge >= 0.3 is 5.97 Å². The predicted molar refractivity (Wildman–Crippen MR) is 183 cm³/mol. The molecule has 47 heavy (non-hydrogen) atoms. The van der Waals surface area contributed by atoms with E-state index < -0.39 is 71.8 Å². The SMILES string of the molecule is CC(C)C[C@H](NC(=O)[C@H](CC(C)C)NC(=O)[C@@H](N)CC(C)C)C(=O)N[C@@H](CS)C(=O)N[C@@H](C)C(=O)N[C@@H](Cc1ccccc1)C(=O)O. The van der Waals surface area contributed by atoms with E-state index in [2.05, 4.69) is 39.2 Å². The fourth-order valence-electron chi connectivity index (χ4n) is 4.76. The number of hydrogen-bond acceptors (Lipinski definition) is 8. The van der Waals surface area contributed by atoms with Crippen molar-refractivity contribution < 1.29 is 33.9 Å². The second-order valence-electron chi connectivity index (χ2n) is 13.2. The molecule has 0 heterocycles. The van der Waals surface area contributed by atoms with Gasteiger partial charge in [0.25, 0.3) is 0 Å². The van der Waals surface area contributed by atoms with Crippen LogP contribution in [0.4, 0.5) is 0 Å². The summed E-state index contributed by atoms with van der Waals surface area (Å²) in [6.45, 7) is 12.8. The maximum absolute atomic E-state index is 13.4. The molecule has 0 aliphatic carbocycles. The van der Waals surface area contributed by atoms with E-state index in [9.17, 15) is 33.9 Å². The highest BCUT2D eigenvalue weighted by Gasteiger charge is 2.32. The van der Waals surface area contributed by atoms with E-state index in [1.54, 1.807) is 30.3 Å². The van der Waals surface area contributed by atoms with Gasteiger partial charge in [0, 0.05) is 12.2 Å². The van der Waals surface area contributed by atoms with Crippen molar-refractivity contribution in [2.45, 2.75) is 110 Å². The molecule has 1 aromatic carbocycles. The van der Waals surface area contributed by atoms with Crippen molar-refractivity contribution in [2.24, 2.45) is 23.5 Å². The van der Waals surface area contributed by atoms with Crippen LogP contribution in [0.25, 0.3) is 0 Å². The van der Waals surface area contributed by atoms with E-state index in [4.69, 9.17) is 5.73 Å². The van der Waals surface area contributed by atoms with E-state index in [-0.39, 0.29) is 36.3 Å². The van der Waals surface area contributed by atoms with Gasteiger partial charge in [0.05, 0.1) is 6.04 Å². The molecule has 1 rings (SSSR count). The summed E-state index contributed by atoms with van der Waals surface area (Å²) in [4.78, 5) is 77.2. The minimum atomic E-state index is -1.23. The van der Waals surface area contributed by atoms with Crippen LogP contribution >= 0.6 is 12.6 Å². The van der Waals surface area contributed by atoms with Crippen molar-refractivity contribution in [3.05, 3.63) is 35.9 Å². The summed E-state index contributed by atoms with van der Waals surface area (Å²) in [5.41, 5.74) is 6.74. The first-order valence-corrected chi connectivity index (χ1v) is 16.7. The highest BCUT2D eigenvalue weighted by molar-refractivity contribution is 7.80. The first-order chi connectivity index (χ1) is 21.9. The number of carbonyl (C=O) groups excluding carboxylic acids is 5. The van der Waals surface area contributed by atoms with Crippen LogP contribution in [-0.4, -0.2) is 82.6 Å². The molecule has 0 radical (unpaired) electrons. The van der Waals surface area contributed by atoms with Crippen molar-refractivity contribution in [1.82, 2.24) is 26.6 Å². The van der Waals surface area contributed by atoms with Gasteiger partial charge in [-0.05, 0) is 49.5 Å². The molecule has 14 heteroatoms. The lowest BCUT2D eigenvalue weighted by atomic mass is 9.99. The molecule has 0 unspecified atom stereocenters. The molecule has 8 N–H and O–H groups in total. The number of carboxylic acids is 1. The normalized spacial score (nSPS) is 15.1. The minimum absolute atomic E-state index is 0.0197. The van der Waals surface area contributed by atoms with E-state index in [0.717, 1.165) is 0 Å². The minimum Gasteiger partial charge on any atom is -0.480 e. The molecule has 5 amide bonds. The number of amides is 5. The van der Waals surface area contributed by atoms with E-state index >= 15 is 0 Å². The lowest BCUT2D eigenvalue weighted by molar-refractivity contribution is -0.142. The molecule has 0 bridgehead atoms. The maximum atomic E-state index is 13.4. The number of nitrogens with one attached hydrogen (secondary N) is 5. The number of carboxylic acid groups (broad SMARTS) is 1. The van der Waals surface area contributed by atoms with Crippen LogP contribution in [0.2, 0.25) is 0 Å². The third kappa shape index (κ3) is 15.7. The molecular weight excluding hydrogens is 624 g/mol. The fraction of sp³-hybridized carbons (Fsp3) is 0.636. The molecule has 6 atom stereocenters. The van der Waals surface area contributed by atoms with Gasteiger partial charge in [0.1, 0.15) is 30.2 Å². The van der Waals surface area contributed by atoms with Crippen LogP contribution in [0.3, 0.4) is 0 Å². The summed E-state index contributed by atoms with van der Waals surface area (Å²) in [6, 6.07) is 2.51. The van der Waals surface area contributed by atoms with Crippen LogP contribution in [-0.2, 0) is 35.2 Å². The summed E-state index contributed by atoms with van der Waals surface area (Å²) >= 11 is 4.20. The Hall–Kier alpha value is -3.65.